The Balaban J connectivity index is 1.06. The lowest BCUT2D eigenvalue weighted by Crippen LogP contribution is -2.63. The molecule has 7 heterocycles. The van der Waals surface area contributed by atoms with E-state index in [9.17, 15) is 28.4 Å². The van der Waals surface area contributed by atoms with Crippen LogP contribution in [0.1, 0.15) is 65.4 Å². The fourth-order valence-electron chi connectivity index (χ4n) is 10.5. The smallest absolute Gasteiger partial charge is 0.461 e. The van der Waals surface area contributed by atoms with E-state index >= 15 is 8.78 Å². The summed E-state index contributed by atoms with van der Waals surface area (Å²) in [6.07, 6.45) is 0.572. The normalized spacial score (nSPS) is 27.1. The second-order valence-electron chi connectivity index (χ2n) is 18.1. The lowest BCUT2D eigenvalue weighted by atomic mass is 9.95. The molecule has 0 amide bonds. The number of alkyl halides is 1. The number of carbonyl (C=O) groups excluding carboxylic acids is 5. The van der Waals surface area contributed by atoms with Gasteiger partial charge in [-0.3, -0.25) is 29.1 Å². The predicted molar refractivity (Wildman–Crippen MR) is 238 cm³/mol. The number of fused-ring (bicyclic) bond motifs is 5. The van der Waals surface area contributed by atoms with Crippen LogP contribution in [0.2, 0.25) is 0 Å². The van der Waals surface area contributed by atoms with Crippen LogP contribution < -0.4 is 19.7 Å². The van der Waals surface area contributed by atoms with E-state index in [0.717, 1.165) is 66.0 Å². The number of terminal acetylenes is 1. The van der Waals surface area contributed by atoms with Crippen molar-refractivity contribution in [1.29, 1.82) is 0 Å². The second-order valence-corrected chi connectivity index (χ2v) is 18.1. The number of nitrogens with one attached hydrogen (secondary N) is 1. The molecule has 1 N–H and O–H groups in total. The summed E-state index contributed by atoms with van der Waals surface area (Å²) in [5.74, 6) is -2.85. The average Bonchev–Trinajstić information content (AvgIpc) is 3.95. The summed E-state index contributed by atoms with van der Waals surface area (Å²) >= 11 is 0. The number of anilines is 1. The number of pyridine rings is 1. The second kappa shape index (κ2) is 19.5. The monoisotopic (exact) mass is 974 g/mol. The van der Waals surface area contributed by atoms with Crippen LogP contribution in [0.4, 0.5) is 23.8 Å². The Kier molecular flexibility index (Phi) is 13.4. The number of halogens is 3. The van der Waals surface area contributed by atoms with Gasteiger partial charge in [-0.05, 0) is 55.8 Å². The summed E-state index contributed by atoms with van der Waals surface area (Å²) < 4.78 is 92.2. The van der Waals surface area contributed by atoms with E-state index in [1.165, 1.54) is 24.4 Å². The number of aromatic nitrogens is 3. The Labute approximate surface area is 398 Å². The van der Waals surface area contributed by atoms with Gasteiger partial charge >= 0.3 is 36.0 Å². The van der Waals surface area contributed by atoms with Gasteiger partial charge in [-0.15, -0.1) is 6.42 Å². The minimum atomic E-state index is -1.73. The van der Waals surface area contributed by atoms with Gasteiger partial charge in [0.15, 0.2) is 18.0 Å². The van der Waals surface area contributed by atoms with Crippen molar-refractivity contribution in [3.63, 3.8) is 0 Å². The van der Waals surface area contributed by atoms with Gasteiger partial charge in [-0.1, -0.05) is 12.0 Å². The fourth-order valence-corrected chi connectivity index (χ4v) is 10.5. The molecule has 9 atom stereocenters. The molecule has 2 unspecified atom stereocenters. The number of nitrogens with zero attached hydrogens (tertiary/aromatic N) is 5. The Morgan fingerprint density at radius 1 is 0.914 bits per heavy atom. The number of ether oxygens (including phenoxy) is 8. The Hall–Kier alpha value is -6.83. The Bertz CT molecular complexity index is 2800. The molecule has 19 nitrogen and oxygen atoms in total. The molecule has 2 aromatic carbocycles. The van der Waals surface area contributed by atoms with Crippen molar-refractivity contribution in [2.75, 3.05) is 44.3 Å². The third-order valence-electron chi connectivity index (χ3n) is 13.2. The molecule has 370 valence electrons. The number of hydrogen-bond acceptors (Lipinski definition) is 19. The highest BCUT2D eigenvalue weighted by atomic mass is 19.1. The standard InChI is InChI=1S/C48H49F3N6O13/c1-6-32-35(50)11-8-27-14-31(69-47(62)63-21-36-41(65-23(2)58)42(66-24(3)59)43(67-25(4)60)45(70-36)68-26(5)61)15-33(37(27)32)39-38(51)40-34(17-52-39)44(56-19-29-9-10-30(20-56)53-29)55-46(54-40)64-22-48-12-7-13-57(48)18-28(49)16-48/h1,8,11,14-15,17,28-30,36,41-43,45,53H,7,9-10,12-13,16,18-22H2,2-5H3/t28-,29?,30?,36-,41-,42+,43-,45-,48+/m1/s1. The molecule has 9 rings (SSSR count). The molecule has 2 bridgehead atoms. The molecule has 0 radical (unpaired) electrons. The molecule has 0 saturated carbocycles. The maximum atomic E-state index is 17.6. The summed E-state index contributed by atoms with van der Waals surface area (Å²) in [6, 6.07) is 5.21. The van der Waals surface area contributed by atoms with E-state index in [4.69, 9.17) is 49.3 Å². The maximum absolute atomic E-state index is 17.6. The van der Waals surface area contributed by atoms with Gasteiger partial charge in [-0.25, -0.2) is 18.0 Å². The van der Waals surface area contributed by atoms with Crippen LogP contribution in [-0.2, 0) is 47.6 Å². The van der Waals surface area contributed by atoms with E-state index in [1.807, 2.05) is 4.90 Å². The summed E-state index contributed by atoms with van der Waals surface area (Å²) in [5.41, 5.74) is -1.40. The summed E-state index contributed by atoms with van der Waals surface area (Å²) in [6.45, 7) is 5.61. The maximum Gasteiger partial charge on any atom is 0.513 e. The zero-order valence-electron chi connectivity index (χ0n) is 38.5. The van der Waals surface area contributed by atoms with Crippen molar-refractivity contribution >= 4 is 57.5 Å². The minimum absolute atomic E-state index is 0.0519. The van der Waals surface area contributed by atoms with Gasteiger partial charge in [0.2, 0.25) is 12.4 Å². The van der Waals surface area contributed by atoms with Crippen molar-refractivity contribution in [2.45, 2.75) is 114 Å². The zero-order chi connectivity index (χ0) is 49.6. The third-order valence-corrected chi connectivity index (χ3v) is 13.2. The van der Waals surface area contributed by atoms with Gasteiger partial charge in [-0.2, -0.15) is 9.97 Å². The highest BCUT2D eigenvalue weighted by Crippen LogP contribution is 2.42. The number of piperazine rings is 1. The molecule has 5 saturated heterocycles. The van der Waals surface area contributed by atoms with Gasteiger partial charge in [0.25, 0.3) is 0 Å². The van der Waals surface area contributed by atoms with Crippen molar-refractivity contribution in [1.82, 2.24) is 25.2 Å². The van der Waals surface area contributed by atoms with E-state index in [2.05, 4.69) is 26.1 Å². The number of benzene rings is 2. The molecule has 0 spiro atoms. The third kappa shape index (κ3) is 9.69. The van der Waals surface area contributed by atoms with Crippen molar-refractivity contribution in [3.8, 4) is 35.4 Å². The SMILES string of the molecule is C#Cc1c(F)ccc2cc(OC(=O)OC[C@H]3O[C@@H](OC(C)=O)[C@H](OC(C)=O)[C@@H](OC(C)=O)[C@@H]3OC(C)=O)cc(-c3ncc4c(N5CC6CCC(C5)N6)nc(OC[C@@]56CCCN5C[C@H](F)C6)nc4c3F)c12. The van der Waals surface area contributed by atoms with Crippen LogP contribution in [0, 0.1) is 24.0 Å². The summed E-state index contributed by atoms with van der Waals surface area (Å²) in [7, 11) is 0. The first-order chi connectivity index (χ1) is 33.5. The molecule has 5 fully saturated rings. The van der Waals surface area contributed by atoms with Crippen molar-refractivity contribution in [3.05, 3.63) is 47.7 Å². The molecule has 5 aliphatic heterocycles. The highest BCUT2D eigenvalue weighted by molar-refractivity contribution is 6.03. The summed E-state index contributed by atoms with van der Waals surface area (Å²) in [4.78, 5) is 80.3. The average molecular weight is 975 g/mol. The van der Waals surface area contributed by atoms with Crippen LogP contribution in [0.25, 0.3) is 32.9 Å². The summed E-state index contributed by atoms with van der Waals surface area (Å²) in [5, 5.41) is 4.11. The Morgan fingerprint density at radius 3 is 2.31 bits per heavy atom. The lowest BCUT2D eigenvalue weighted by molar-refractivity contribution is -0.299. The van der Waals surface area contributed by atoms with E-state index < -0.39 is 90.7 Å². The molecule has 70 heavy (non-hydrogen) atoms. The molecule has 4 aromatic rings. The van der Waals surface area contributed by atoms with Crippen LogP contribution in [0.15, 0.2) is 30.5 Å². The zero-order valence-corrected chi connectivity index (χ0v) is 38.5. The molecule has 0 aliphatic carbocycles. The topological polar surface area (TPSA) is 216 Å². The first kappa shape index (κ1) is 48.2. The van der Waals surface area contributed by atoms with Gasteiger partial charge in [0, 0.05) is 83.0 Å². The van der Waals surface area contributed by atoms with Crippen LogP contribution in [0.5, 0.6) is 11.8 Å². The fraction of sp³-hybridized carbons (Fsp3) is 0.500. The van der Waals surface area contributed by atoms with Crippen molar-refractivity contribution < 1.29 is 75.0 Å². The minimum Gasteiger partial charge on any atom is -0.461 e. The van der Waals surface area contributed by atoms with Crippen molar-refractivity contribution in [2.24, 2.45) is 0 Å². The molecule has 5 aliphatic rings. The van der Waals surface area contributed by atoms with E-state index in [1.54, 1.807) is 0 Å². The number of esters is 4. The first-order valence-electron chi connectivity index (χ1n) is 22.8. The van der Waals surface area contributed by atoms with Gasteiger partial charge in [0.05, 0.1) is 16.5 Å². The lowest BCUT2D eigenvalue weighted by Gasteiger charge is -2.43. The van der Waals surface area contributed by atoms with Crippen LogP contribution in [0.3, 0.4) is 0 Å². The van der Waals surface area contributed by atoms with E-state index in [-0.39, 0.29) is 68.9 Å². The number of carbonyl (C=O) groups is 5. The first-order valence-corrected chi connectivity index (χ1v) is 22.8. The number of rotatable bonds is 12. The van der Waals surface area contributed by atoms with Crippen LogP contribution >= 0.6 is 0 Å². The van der Waals surface area contributed by atoms with E-state index in [0.29, 0.717) is 31.9 Å². The largest absolute Gasteiger partial charge is 0.513 e. The molecular formula is C48H49F3N6O13. The number of hydrogen-bond donors (Lipinski definition) is 1. The molecule has 2 aromatic heterocycles. The highest BCUT2D eigenvalue weighted by Gasteiger charge is 2.54. The molecular weight excluding hydrogens is 926 g/mol. The van der Waals surface area contributed by atoms with Gasteiger partial charge in [0.1, 0.15) is 54.1 Å². The Morgan fingerprint density at radius 2 is 1.61 bits per heavy atom. The molecule has 22 heteroatoms. The quantitative estimate of drug-likeness (QED) is 0.0888. The predicted octanol–water partition coefficient (Wildman–Crippen LogP) is 4.60. The van der Waals surface area contributed by atoms with Gasteiger partial charge < -0.3 is 48.1 Å². The van der Waals surface area contributed by atoms with Crippen LogP contribution in [-0.4, -0.2) is 144 Å².